The second-order valence-electron chi connectivity index (χ2n) is 6.97. The Kier molecular flexibility index (Phi) is 4.29. The van der Waals surface area contributed by atoms with Crippen molar-refractivity contribution in [3.05, 3.63) is 65.7 Å². The molecule has 2 aromatic carbocycles. The number of hydrogen-bond donors (Lipinski definition) is 1. The van der Waals surface area contributed by atoms with E-state index < -0.39 is 5.54 Å². The molecule has 2 aliphatic rings. The molecule has 4 nitrogen and oxygen atoms in total. The van der Waals surface area contributed by atoms with E-state index in [1.807, 2.05) is 30.3 Å². The first-order chi connectivity index (χ1) is 12.7. The van der Waals surface area contributed by atoms with Crippen LogP contribution in [-0.2, 0) is 4.79 Å². The molecule has 0 saturated carbocycles. The molecule has 134 valence electrons. The maximum Gasteiger partial charge on any atom is 0.157 e. The van der Waals surface area contributed by atoms with Crippen molar-refractivity contribution < 1.29 is 9.53 Å². The van der Waals surface area contributed by atoms with Crippen LogP contribution in [0.15, 0.2) is 54.6 Å². The summed E-state index contributed by atoms with van der Waals surface area (Å²) in [7, 11) is 1.67. The molecule has 0 radical (unpaired) electrons. The topological polar surface area (TPSA) is 41.6 Å². The van der Waals surface area contributed by atoms with E-state index in [0.29, 0.717) is 6.54 Å². The number of nitrogens with one attached hydrogen (secondary N) is 1. The van der Waals surface area contributed by atoms with Crippen molar-refractivity contribution in [1.29, 1.82) is 0 Å². The molecule has 0 spiro atoms. The number of carbonyl (C=O) groups is 1. The summed E-state index contributed by atoms with van der Waals surface area (Å²) in [6, 6.07) is 16.4. The highest BCUT2D eigenvalue weighted by molar-refractivity contribution is 5.93. The van der Waals surface area contributed by atoms with Crippen LogP contribution in [0.3, 0.4) is 0 Å². The number of benzene rings is 2. The first-order valence-electron chi connectivity index (χ1n) is 9.07. The lowest BCUT2D eigenvalue weighted by Gasteiger charge is -2.50. The lowest BCUT2D eigenvalue weighted by molar-refractivity contribution is -0.122. The highest BCUT2D eigenvalue weighted by atomic mass is 16.5. The summed E-state index contributed by atoms with van der Waals surface area (Å²) in [5.41, 5.74) is 2.86. The fourth-order valence-electron chi connectivity index (χ4n) is 4.36. The second kappa shape index (κ2) is 6.61. The number of nitrogens with zero attached hydrogens (tertiary/aromatic N) is 1. The molecule has 0 bridgehead atoms. The molecular formula is C22H24N2O2. The third-order valence-electron chi connectivity index (χ3n) is 5.70. The Bertz CT molecular complexity index is 843. The number of rotatable bonds is 4. The number of hydrogen-bond acceptors (Lipinski definition) is 4. The Morgan fingerprint density at radius 2 is 1.96 bits per heavy atom. The molecule has 1 heterocycles. The molecular weight excluding hydrogens is 324 g/mol. The Balaban J connectivity index is 1.82. The Morgan fingerprint density at radius 3 is 2.69 bits per heavy atom. The summed E-state index contributed by atoms with van der Waals surface area (Å²) in [6.45, 7) is 4.01. The predicted molar refractivity (Wildman–Crippen MR) is 105 cm³/mol. The first kappa shape index (κ1) is 16.9. The molecule has 4 rings (SSSR count). The van der Waals surface area contributed by atoms with Gasteiger partial charge < -0.3 is 15.0 Å². The van der Waals surface area contributed by atoms with Crippen LogP contribution in [0.4, 0.5) is 5.69 Å². The highest BCUT2D eigenvalue weighted by Gasteiger charge is 2.50. The van der Waals surface area contributed by atoms with Crippen LogP contribution in [0.1, 0.15) is 24.0 Å². The molecule has 2 atom stereocenters. The number of methoxy groups -OCH3 is 1. The summed E-state index contributed by atoms with van der Waals surface area (Å²) in [6.07, 6.45) is 4.33. The van der Waals surface area contributed by atoms with Crippen LogP contribution in [-0.4, -0.2) is 38.1 Å². The van der Waals surface area contributed by atoms with Gasteiger partial charge in [0.05, 0.1) is 7.11 Å². The second-order valence-corrected chi connectivity index (χ2v) is 6.97. The van der Waals surface area contributed by atoms with E-state index in [4.69, 9.17) is 4.74 Å². The van der Waals surface area contributed by atoms with E-state index in [9.17, 15) is 4.79 Å². The van der Waals surface area contributed by atoms with Crippen molar-refractivity contribution in [2.75, 3.05) is 31.6 Å². The number of carbonyl (C=O) groups excluding carboxylic acids is 1. The van der Waals surface area contributed by atoms with Crippen molar-refractivity contribution >= 4 is 17.5 Å². The average molecular weight is 348 g/mol. The van der Waals surface area contributed by atoms with Crippen LogP contribution in [0.2, 0.25) is 0 Å². The Hall–Kier alpha value is -2.59. The molecule has 1 aliphatic carbocycles. The van der Waals surface area contributed by atoms with E-state index >= 15 is 0 Å². The number of ketones is 1. The van der Waals surface area contributed by atoms with E-state index in [-0.39, 0.29) is 11.7 Å². The monoisotopic (exact) mass is 348 g/mol. The van der Waals surface area contributed by atoms with Crippen molar-refractivity contribution in [1.82, 2.24) is 5.32 Å². The minimum atomic E-state index is -0.629. The smallest absolute Gasteiger partial charge is 0.157 e. The highest BCUT2D eigenvalue weighted by Crippen LogP contribution is 2.44. The maximum absolute atomic E-state index is 13.1. The number of piperazine rings is 1. The fourth-order valence-corrected chi connectivity index (χ4v) is 4.36. The zero-order valence-corrected chi connectivity index (χ0v) is 15.2. The molecule has 0 amide bonds. The van der Waals surface area contributed by atoms with Gasteiger partial charge in [0.25, 0.3) is 0 Å². The molecule has 2 aromatic rings. The number of ether oxygens (including phenoxy) is 1. The molecule has 0 aromatic heterocycles. The van der Waals surface area contributed by atoms with Gasteiger partial charge in [-0.2, -0.15) is 0 Å². The largest absolute Gasteiger partial charge is 0.497 e. The fraction of sp³-hybridized carbons (Fsp3) is 0.318. The van der Waals surface area contributed by atoms with E-state index in [2.05, 4.69) is 40.6 Å². The number of anilines is 1. The SMILES string of the molecule is COc1ccc(N2CCNCC2(C(C)=O)C2C=Cc3ccccc32)cc1. The first-order valence-corrected chi connectivity index (χ1v) is 9.07. The summed E-state index contributed by atoms with van der Waals surface area (Å²) >= 11 is 0. The van der Waals surface area contributed by atoms with Gasteiger partial charge in [-0.15, -0.1) is 0 Å². The van der Waals surface area contributed by atoms with Gasteiger partial charge in [0.15, 0.2) is 5.78 Å². The van der Waals surface area contributed by atoms with Crippen LogP contribution in [0.5, 0.6) is 5.75 Å². The molecule has 1 fully saturated rings. The molecule has 26 heavy (non-hydrogen) atoms. The molecule has 1 aliphatic heterocycles. The molecule has 1 N–H and O–H groups in total. The van der Waals surface area contributed by atoms with Gasteiger partial charge in [-0.05, 0) is 42.3 Å². The third kappa shape index (κ3) is 2.53. The van der Waals surface area contributed by atoms with Gasteiger partial charge in [-0.25, -0.2) is 0 Å². The van der Waals surface area contributed by atoms with Gasteiger partial charge in [0.1, 0.15) is 11.3 Å². The van der Waals surface area contributed by atoms with E-state index in [1.54, 1.807) is 14.0 Å². The summed E-state index contributed by atoms with van der Waals surface area (Å²) in [5, 5.41) is 3.47. The third-order valence-corrected chi connectivity index (χ3v) is 5.70. The minimum absolute atomic E-state index is 0.0334. The van der Waals surface area contributed by atoms with E-state index in [0.717, 1.165) is 24.5 Å². The molecule has 2 unspecified atom stereocenters. The van der Waals surface area contributed by atoms with Gasteiger partial charge in [-0.3, -0.25) is 4.79 Å². The number of Topliss-reactive ketones (excluding diaryl/α,β-unsaturated/α-hetero) is 1. The zero-order chi connectivity index (χ0) is 18.1. The maximum atomic E-state index is 13.1. The predicted octanol–water partition coefficient (Wildman–Crippen LogP) is 3.24. The molecule has 4 heteroatoms. The lowest BCUT2D eigenvalue weighted by atomic mass is 9.74. The normalized spacial score (nSPS) is 24.4. The minimum Gasteiger partial charge on any atom is -0.497 e. The van der Waals surface area contributed by atoms with Crippen LogP contribution >= 0.6 is 0 Å². The van der Waals surface area contributed by atoms with Gasteiger partial charge >= 0.3 is 0 Å². The summed E-state index contributed by atoms with van der Waals surface area (Å²) in [4.78, 5) is 15.4. The summed E-state index contributed by atoms with van der Waals surface area (Å²) < 4.78 is 5.29. The lowest BCUT2D eigenvalue weighted by Crippen LogP contribution is -2.67. The number of fused-ring (bicyclic) bond motifs is 1. The van der Waals surface area contributed by atoms with Gasteiger partial charge in [0, 0.05) is 31.2 Å². The average Bonchev–Trinajstić information content (AvgIpc) is 3.12. The van der Waals surface area contributed by atoms with Gasteiger partial charge in [0.2, 0.25) is 0 Å². The van der Waals surface area contributed by atoms with Crippen LogP contribution in [0, 0.1) is 0 Å². The van der Waals surface area contributed by atoms with Crippen molar-refractivity contribution in [2.24, 2.45) is 0 Å². The van der Waals surface area contributed by atoms with Crippen molar-refractivity contribution in [3.8, 4) is 5.75 Å². The Labute approximate surface area is 154 Å². The standard InChI is InChI=1S/C22H24N2O2/c1-16(25)22(21-12-7-17-5-3-4-6-20(17)21)15-23-13-14-24(22)18-8-10-19(26-2)11-9-18/h3-12,21,23H,13-15H2,1-2H3. The van der Waals surface area contributed by atoms with Crippen molar-refractivity contribution in [2.45, 2.75) is 18.4 Å². The quantitative estimate of drug-likeness (QED) is 0.921. The Morgan fingerprint density at radius 1 is 1.19 bits per heavy atom. The molecule has 1 saturated heterocycles. The van der Waals surface area contributed by atoms with Crippen molar-refractivity contribution in [3.63, 3.8) is 0 Å². The zero-order valence-electron chi connectivity index (χ0n) is 15.2. The van der Waals surface area contributed by atoms with Crippen LogP contribution < -0.4 is 15.0 Å². The van der Waals surface area contributed by atoms with E-state index in [1.165, 1.54) is 11.1 Å². The van der Waals surface area contributed by atoms with Gasteiger partial charge in [-0.1, -0.05) is 36.4 Å². The summed E-state index contributed by atoms with van der Waals surface area (Å²) in [5.74, 6) is 1.04. The van der Waals surface area contributed by atoms with Crippen LogP contribution in [0.25, 0.3) is 6.08 Å².